The van der Waals surface area contributed by atoms with Crippen molar-refractivity contribution in [3.8, 4) is 11.3 Å². The van der Waals surface area contributed by atoms with Crippen LogP contribution in [0.4, 0.5) is 0 Å². The Morgan fingerprint density at radius 1 is 1.18 bits per heavy atom. The van der Waals surface area contributed by atoms with Gasteiger partial charge in [-0.25, -0.2) is 9.78 Å². The van der Waals surface area contributed by atoms with E-state index in [0.717, 1.165) is 16.5 Å². The van der Waals surface area contributed by atoms with E-state index < -0.39 is 0 Å². The summed E-state index contributed by atoms with van der Waals surface area (Å²) in [7, 11) is 0. The number of carbonyl (C=O) groups is 1. The molecule has 4 rings (SSSR count). The van der Waals surface area contributed by atoms with Crippen molar-refractivity contribution in [1.29, 1.82) is 0 Å². The van der Waals surface area contributed by atoms with E-state index in [-0.39, 0.29) is 17.4 Å². The fourth-order valence-corrected chi connectivity index (χ4v) is 3.82. The molecule has 7 nitrogen and oxygen atoms in total. The lowest BCUT2D eigenvalue weighted by Crippen LogP contribution is -2.23. The summed E-state index contributed by atoms with van der Waals surface area (Å²) in [6, 6.07) is 16.0. The van der Waals surface area contributed by atoms with Crippen LogP contribution in [0.25, 0.3) is 22.2 Å². The van der Waals surface area contributed by atoms with Gasteiger partial charge >= 0.3 is 5.97 Å². The number of esters is 1. The van der Waals surface area contributed by atoms with Gasteiger partial charge in [0.25, 0.3) is 5.56 Å². The van der Waals surface area contributed by atoms with Gasteiger partial charge in [-0.15, -0.1) is 0 Å². The van der Waals surface area contributed by atoms with Crippen molar-refractivity contribution in [3.05, 3.63) is 86.6 Å². The Hall–Kier alpha value is -3.52. The lowest BCUT2D eigenvalue weighted by molar-refractivity contribution is 0.0526. The highest BCUT2D eigenvalue weighted by Gasteiger charge is 2.16. The molecule has 0 bridgehead atoms. The Morgan fingerprint density at radius 3 is 2.65 bits per heavy atom. The standard InChI is InChI=1S/C26H24BrN3O4/c1-4-16(3)24-29-22-12-10-19(27)14-21(22)25(31)30(24)28-15-20-11-13-23(34-20)17-6-8-18(9-7-17)26(32)33-5-2/h6-16H,4-5H2,1-3H3/t16-/m1/s1. The fraction of sp³-hybridized carbons (Fsp3) is 0.231. The Balaban J connectivity index is 1.66. The number of halogens is 1. The van der Waals surface area contributed by atoms with Crippen molar-refractivity contribution in [2.75, 3.05) is 6.61 Å². The Bertz CT molecular complexity index is 1420. The lowest BCUT2D eigenvalue weighted by Gasteiger charge is -2.13. The van der Waals surface area contributed by atoms with Gasteiger partial charge in [-0.1, -0.05) is 41.9 Å². The van der Waals surface area contributed by atoms with Gasteiger partial charge in [0.2, 0.25) is 0 Å². The highest BCUT2D eigenvalue weighted by molar-refractivity contribution is 9.10. The zero-order chi connectivity index (χ0) is 24.2. The molecule has 2 aromatic heterocycles. The molecule has 4 aromatic rings. The summed E-state index contributed by atoms with van der Waals surface area (Å²) in [6.07, 6.45) is 2.33. The van der Waals surface area contributed by atoms with E-state index in [1.54, 1.807) is 43.3 Å². The molecule has 8 heteroatoms. The molecule has 2 heterocycles. The molecule has 0 aliphatic rings. The van der Waals surface area contributed by atoms with Crippen molar-refractivity contribution in [2.24, 2.45) is 5.10 Å². The Kier molecular flexibility index (Phi) is 7.07. The number of aromatic nitrogens is 2. The summed E-state index contributed by atoms with van der Waals surface area (Å²) in [6.45, 7) is 6.16. The molecule has 0 N–H and O–H groups in total. The van der Waals surface area contributed by atoms with Crippen LogP contribution in [0.5, 0.6) is 0 Å². The minimum absolute atomic E-state index is 0.0444. The molecule has 34 heavy (non-hydrogen) atoms. The third kappa shape index (κ3) is 4.87. The third-order valence-electron chi connectivity index (χ3n) is 5.49. The van der Waals surface area contributed by atoms with Crippen LogP contribution in [0.15, 0.2) is 73.4 Å². The van der Waals surface area contributed by atoms with Gasteiger partial charge in [0.05, 0.1) is 29.3 Å². The average Bonchev–Trinajstić information content (AvgIpc) is 3.32. The summed E-state index contributed by atoms with van der Waals surface area (Å²) < 4.78 is 13.1. The van der Waals surface area contributed by atoms with Crippen LogP contribution in [-0.4, -0.2) is 28.5 Å². The first-order valence-electron chi connectivity index (χ1n) is 11.0. The second kappa shape index (κ2) is 10.2. The molecule has 0 unspecified atom stereocenters. The summed E-state index contributed by atoms with van der Waals surface area (Å²) in [5.74, 6) is 1.38. The summed E-state index contributed by atoms with van der Waals surface area (Å²) in [4.78, 5) is 29.8. The molecule has 0 aliphatic carbocycles. The van der Waals surface area contributed by atoms with Gasteiger partial charge in [0.1, 0.15) is 17.3 Å². The zero-order valence-electron chi connectivity index (χ0n) is 19.1. The van der Waals surface area contributed by atoms with Crippen LogP contribution in [0.2, 0.25) is 0 Å². The molecular weight excluding hydrogens is 498 g/mol. The minimum atomic E-state index is -0.361. The molecule has 174 valence electrons. The monoisotopic (exact) mass is 521 g/mol. The Labute approximate surface area is 205 Å². The number of carbonyl (C=O) groups excluding carboxylic acids is 1. The number of benzene rings is 2. The average molecular weight is 522 g/mol. The van der Waals surface area contributed by atoms with Crippen molar-refractivity contribution in [1.82, 2.24) is 9.66 Å². The second-order valence-electron chi connectivity index (χ2n) is 7.80. The molecule has 0 fully saturated rings. The van der Waals surface area contributed by atoms with Crippen molar-refractivity contribution in [2.45, 2.75) is 33.1 Å². The maximum Gasteiger partial charge on any atom is 0.338 e. The highest BCUT2D eigenvalue weighted by atomic mass is 79.9. The molecule has 0 saturated carbocycles. The van der Waals surface area contributed by atoms with E-state index in [4.69, 9.17) is 14.1 Å². The Morgan fingerprint density at radius 2 is 1.94 bits per heavy atom. The first-order chi connectivity index (χ1) is 16.4. The first-order valence-corrected chi connectivity index (χ1v) is 11.8. The molecule has 0 amide bonds. The topological polar surface area (TPSA) is 86.7 Å². The summed E-state index contributed by atoms with van der Waals surface area (Å²) in [5.41, 5.74) is 1.69. The van der Waals surface area contributed by atoms with Crippen LogP contribution in [-0.2, 0) is 4.74 Å². The van der Waals surface area contributed by atoms with Gasteiger partial charge in [-0.2, -0.15) is 9.78 Å². The van der Waals surface area contributed by atoms with Crippen LogP contribution < -0.4 is 5.56 Å². The van der Waals surface area contributed by atoms with E-state index in [1.807, 2.05) is 32.0 Å². The van der Waals surface area contributed by atoms with Gasteiger partial charge in [-0.05, 0) is 55.8 Å². The first kappa shape index (κ1) is 23.6. The lowest BCUT2D eigenvalue weighted by atomic mass is 10.1. The van der Waals surface area contributed by atoms with Crippen LogP contribution in [0, 0.1) is 0 Å². The highest BCUT2D eigenvalue weighted by Crippen LogP contribution is 2.23. The maximum absolute atomic E-state index is 13.2. The van der Waals surface area contributed by atoms with Gasteiger partial charge in [-0.3, -0.25) is 4.79 Å². The largest absolute Gasteiger partial charge is 0.462 e. The maximum atomic E-state index is 13.2. The zero-order valence-corrected chi connectivity index (χ0v) is 20.7. The van der Waals surface area contributed by atoms with Gasteiger partial charge in [0.15, 0.2) is 0 Å². The fourth-order valence-electron chi connectivity index (χ4n) is 3.46. The van der Waals surface area contributed by atoms with E-state index in [9.17, 15) is 9.59 Å². The molecule has 0 saturated heterocycles. The predicted octanol–water partition coefficient (Wildman–Crippen LogP) is 5.99. The normalized spacial score (nSPS) is 12.4. The smallest absolute Gasteiger partial charge is 0.338 e. The minimum Gasteiger partial charge on any atom is -0.462 e. The number of hydrogen-bond acceptors (Lipinski definition) is 6. The molecule has 1 atom stereocenters. The molecule has 0 aliphatic heterocycles. The third-order valence-corrected chi connectivity index (χ3v) is 5.99. The number of rotatable bonds is 7. The van der Waals surface area contributed by atoms with E-state index in [2.05, 4.69) is 21.0 Å². The van der Waals surface area contributed by atoms with E-state index in [1.165, 1.54) is 10.9 Å². The van der Waals surface area contributed by atoms with Crippen molar-refractivity contribution in [3.63, 3.8) is 0 Å². The number of nitrogens with zero attached hydrogens (tertiary/aromatic N) is 3. The van der Waals surface area contributed by atoms with Crippen molar-refractivity contribution >= 4 is 39.0 Å². The summed E-state index contributed by atoms with van der Waals surface area (Å²) in [5, 5.41) is 4.92. The van der Waals surface area contributed by atoms with Gasteiger partial charge in [0, 0.05) is 16.0 Å². The van der Waals surface area contributed by atoms with E-state index in [0.29, 0.717) is 40.4 Å². The number of furan rings is 1. The van der Waals surface area contributed by atoms with Crippen LogP contribution in [0.1, 0.15) is 55.1 Å². The number of fused-ring (bicyclic) bond motifs is 1. The van der Waals surface area contributed by atoms with Gasteiger partial charge < -0.3 is 9.15 Å². The number of ether oxygens (including phenoxy) is 1. The predicted molar refractivity (Wildman–Crippen MR) is 136 cm³/mol. The molecule has 0 spiro atoms. The molecular formula is C26H24BrN3O4. The quantitative estimate of drug-likeness (QED) is 0.220. The van der Waals surface area contributed by atoms with Crippen molar-refractivity contribution < 1.29 is 13.9 Å². The van der Waals surface area contributed by atoms with Crippen LogP contribution >= 0.6 is 15.9 Å². The second-order valence-corrected chi connectivity index (χ2v) is 8.72. The number of hydrogen-bond donors (Lipinski definition) is 0. The van der Waals surface area contributed by atoms with Crippen LogP contribution in [0.3, 0.4) is 0 Å². The van der Waals surface area contributed by atoms with E-state index >= 15 is 0 Å². The summed E-state index contributed by atoms with van der Waals surface area (Å²) >= 11 is 3.42. The molecule has 2 aromatic carbocycles. The molecule has 0 radical (unpaired) electrons. The SMILES string of the molecule is CCOC(=O)c1ccc(-c2ccc(C=Nn3c([C@H](C)CC)nc4ccc(Br)cc4c3=O)o2)cc1.